The SMILES string of the molecule is COc1cc(C)c(NC(=O)C(C)Oc2ccc(Cl)cc2Cl)cc1OC. The van der Waals surface area contributed by atoms with Crippen LogP contribution in [0.2, 0.25) is 10.0 Å². The lowest BCUT2D eigenvalue weighted by atomic mass is 10.1. The predicted octanol–water partition coefficient (Wildman–Crippen LogP) is 4.73. The van der Waals surface area contributed by atoms with Gasteiger partial charge in [0.05, 0.1) is 19.2 Å². The number of nitrogens with one attached hydrogen (secondary N) is 1. The van der Waals surface area contributed by atoms with Crippen LogP contribution in [0.1, 0.15) is 12.5 Å². The molecule has 1 amide bonds. The van der Waals surface area contributed by atoms with E-state index in [9.17, 15) is 4.79 Å². The number of anilines is 1. The number of carbonyl (C=O) groups excluding carboxylic acids is 1. The van der Waals surface area contributed by atoms with Crippen molar-refractivity contribution in [1.29, 1.82) is 0 Å². The maximum absolute atomic E-state index is 12.4. The van der Waals surface area contributed by atoms with E-state index in [2.05, 4.69) is 5.32 Å². The molecule has 7 heteroatoms. The number of hydrogen-bond acceptors (Lipinski definition) is 4. The molecule has 25 heavy (non-hydrogen) atoms. The zero-order chi connectivity index (χ0) is 18.6. The van der Waals surface area contributed by atoms with Gasteiger partial charge in [0.1, 0.15) is 5.75 Å². The molecule has 5 nitrogen and oxygen atoms in total. The zero-order valence-corrected chi connectivity index (χ0v) is 15.9. The third kappa shape index (κ3) is 4.71. The summed E-state index contributed by atoms with van der Waals surface area (Å²) in [5.74, 6) is 1.19. The molecular weight excluding hydrogens is 365 g/mol. The minimum atomic E-state index is -0.758. The Kier molecular flexibility index (Phi) is 6.39. The second kappa shape index (κ2) is 8.32. The first kappa shape index (κ1) is 19.2. The molecule has 0 aliphatic rings. The lowest BCUT2D eigenvalue weighted by molar-refractivity contribution is -0.122. The quantitative estimate of drug-likeness (QED) is 0.783. The minimum absolute atomic E-state index is 0.318. The fourth-order valence-corrected chi connectivity index (χ4v) is 2.62. The van der Waals surface area contributed by atoms with Crippen LogP contribution >= 0.6 is 23.2 Å². The maximum atomic E-state index is 12.4. The van der Waals surface area contributed by atoms with Gasteiger partial charge in [-0.2, -0.15) is 0 Å². The summed E-state index contributed by atoms with van der Waals surface area (Å²) in [6, 6.07) is 8.31. The summed E-state index contributed by atoms with van der Waals surface area (Å²) in [7, 11) is 3.09. The van der Waals surface area contributed by atoms with Gasteiger partial charge in [0.25, 0.3) is 5.91 Å². The molecule has 0 aliphatic carbocycles. The van der Waals surface area contributed by atoms with Crippen LogP contribution in [0.4, 0.5) is 5.69 Å². The topological polar surface area (TPSA) is 56.8 Å². The number of rotatable bonds is 6. The summed E-state index contributed by atoms with van der Waals surface area (Å²) in [5.41, 5.74) is 1.45. The van der Waals surface area contributed by atoms with Crippen molar-refractivity contribution in [2.45, 2.75) is 20.0 Å². The van der Waals surface area contributed by atoms with E-state index in [0.717, 1.165) is 5.56 Å². The third-order valence-electron chi connectivity index (χ3n) is 3.56. The molecule has 0 fully saturated rings. The first-order chi connectivity index (χ1) is 11.8. The van der Waals surface area contributed by atoms with Crippen molar-refractivity contribution in [2.75, 3.05) is 19.5 Å². The molecule has 2 rings (SSSR count). The highest BCUT2D eigenvalue weighted by Crippen LogP contribution is 2.33. The molecule has 2 aromatic carbocycles. The Labute approximate surface area is 156 Å². The summed E-state index contributed by atoms with van der Waals surface area (Å²) < 4.78 is 16.1. The van der Waals surface area contributed by atoms with Crippen molar-refractivity contribution >= 4 is 34.8 Å². The lowest BCUT2D eigenvalue weighted by Crippen LogP contribution is -2.30. The lowest BCUT2D eigenvalue weighted by Gasteiger charge is -2.18. The number of halogens is 2. The molecule has 1 atom stereocenters. The Bertz CT molecular complexity index is 780. The number of amides is 1. The van der Waals surface area contributed by atoms with Crippen LogP contribution in [0.25, 0.3) is 0 Å². The Morgan fingerprint density at radius 2 is 1.68 bits per heavy atom. The number of hydrogen-bond donors (Lipinski definition) is 1. The van der Waals surface area contributed by atoms with Crippen molar-refractivity contribution < 1.29 is 19.0 Å². The molecule has 0 bridgehead atoms. The maximum Gasteiger partial charge on any atom is 0.265 e. The molecule has 0 aromatic heterocycles. The monoisotopic (exact) mass is 383 g/mol. The summed E-state index contributed by atoms with van der Waals surface area (Å²) >= 11 is 11.9. The molecule has 1 N–H and O–H groups in total. The van der Waals surface area contributed by atoms with Crippen LogP contribution in [0.15, 0.2) is 30.3 Å². The van der Waals surface area contributed by atoms with Gasteiger partial charge in [0, 0.05) is 16.8 Å². The highest BCUT2D eigenvalue weighted by atomic mass is 35.5. The van der Waals surface area contributed by atoms with Crippen molar-refractivity contribution in [1.82, 2.24) is 0 Å². The van der Waals surface area contributed by atoms with Crippen molar-refractivity contribution in [3.05, 3.63) is 45.9 Å². The van der Waals surface area contributed by atoms with Crippen LogP contribution in [-0.4, -0.2) is 26.2 Å². The van der Waals surface area contributed by atoms with Gasteiger partial charge in [-0.15, -0.1) is 0 Å². The fraction of sp³-hybridized carbons (Fsp3) is 0.278. The second-order valence-corrected chi connectivity index (χ2v) is 6.19. The predicted molar refractivity (Wildman–Crippen MR) is 99.5 cm³/mol. The first-order valence-electron chi connectivity index (χ1n) is 7.51. The first-order valence-corrected chi connectivity index (χ1v) is 8.26. The summed E-state index contributed by atoms with van der Waals surface area (Å²) in [6.45, 7) is 3.50. The van der Waals surface area contributed by atoms with Crippen molar-refractivity contribution in [2.24, 2.45) is 0 Å². The number of aryl methyl sites for hydroxylation is 1. The molecule has 134 valence electrons. The zero-order valence-electron chi connectivity index (χ0n) is 14.4. The van der Waals surface area contributed by atoms with Gasteiger partial charge in [-0.3, -0.25) is 4.79 Å². The number of methoxy groups -OCH3 is 2. The average molecular weight is 384 g/mol. The molecule has 0 heterocycles. The van der Waals surface area contributed by atoms with E-state index in [4.69, 9.17) is 37.4 Å². The molecule has 2 aromatic rings. The Hall–Kier alpha value is -2.11. The van der Waals surface area contributed by atoms with E-state index in [1.54, 1.807) is 44.4 Å². The molecule has 1 unspecified atom stereocenters. The molecule has 0 saturated carbocycles. The van der Waals surface area contributed by atoms with E-state index in [1.165, 1.54) is 7.11 Å². The Morgan fingerprint density at radius 3 is 2.28 bits per heavy atom. The third-order valence-corrected chi connectivity index (χ3v) is 4.09. The van der Waals surface area contributed by atoms with E-state index < -0.39 is 6.10 Å². The Balaban J connectivity index is 2.13. The highest BCUT2D eigenvalue weighted by Gasteiger charge is 2.18. The second-order valence-electron chi connectivity index (χ2n) is 5.35. The van der Waals surface area contributed by atoms with Crippen molar-refractivity contribution in [3.8, 4) is 17.2 Å². The summed E-state index contributed by atoms with van der Waals surface area (Å²) in [6.07, 6.45) is -0.758. The van der Waals surface area contributed by atoms with Crippen LogP contribution in [0.3, 0.4) is 0 Å². The van der Waals surface area contributed by atoms with E-state index in [-0.39, 0.29) is 5.91 Å². The van der Waals surface area contributed by atoms with E-state index in [1.807, 2.05) is 6.92 Å². The van der Waals surface area contributed by atoms with Gasteiger partial charge in [-0.1, -0.05) is 23.2 Å². The molecule has 0 radical (unpaired) electrons. The standard InChI is InChI=1S/C18H19Cl2NO4/c1-10-7-16(23-3)17(24-4)9-14(10)21-18(22)11(2)25-15-6-5-12(19)8-13(15)20/h5-9,11H,1-4H3,(H,21,22). The fourth-order valence-electron chi connectivity index (χ4n) is 2.16. The highest BCUT2D eigenvalue weighted by molar-refractivity contribution is 6.35. The number of ether oxygens (including phenoxy) is 3. The van der Waals surface area contributed by atoms with E-state index >= 15 is 0 Å². The van der Waals surface area contributed by atoms with Crippen LogP contribution in [-0.2, 0) is 4.79 Å². The normalized spacial score (nSPS) is 11.6. The minimum Gasteiger partial charge on any atom is -0.493 e. The van der Waals surface area contributed by atoms with Gasteiger partial charge in [0.2, 0.25) is 0 Å². The van der Waals surface area contributed by atoms with Gasteiger partial charge >= 0.3 is 0 Å². The van der Waals surface area contributed by atoms with Crippen molar-refractivity contribution in [3.63, 3.8) is 0 Å². The van der Waals surface area contributed by atoms with E-state index in [0.29, 0.717) is 33.0 Å². The molecule has 0 aliphatic heterocycles. The van der Waals surface area contributed by atoms with Gasteiger partial charge in [-0.25, -0.2) is 0 Å². The van der Waals surface area contributed by atoms with Crippen LogP contribution < -0.4 is 19.5 Å². The molecule has 0 saturated heterocycles. The molecule has 0 spiro atoms. The largest absolute Gasteiger partial charge is 0.493 e. The van der Waals surface area contributed by atoms with Gasteiger partial charge < -0.3 is 19.5 Å². The average Bonchev–Trinajstić information content (AvgIpc) is 2.58. The summed E-state index contributed by atoms with van der Waals surface area (Å²) in [5, 5.41) is 3.66. The number of benzene rings is 2. The van der Waals surface area contributed by atoms with Crippen LogP contribution in [0.5, 0.6) is 17.2 Å². The smallest absolute Gasteiger partial charge is 0.265 e. The summed E-state index contributed by atoms with van der Waals surface area (Å²) in [4.78, 5) is 12.4. The van der Waals surface area contributed by atoms with Gasteiger partial charge in [-0.05, 0) is 43.7 Å². The molecular formula is C18H19Cl2NO4. The number of carbonyl (C=O) groups is 1. The van der Waals surface area contributed by atoms with Crippen LogP contribution in [0, 0.1) is 6.92 Å². The van der Waals surface area contributed by atoms with Gasteiger partial charge in [0.15, 0.2) is 17.6 Å². The Morgan fingerprint density at radius 1 is 1.04 bits per heavy atom.